The second-order valence-corrected chi connectivity index (χ2v) is 5.99. The lowest BCUT2D eigenvalue weighted by molar-refractivity contribution is -0.144. The average Bonchev–Trinajstić information content (AvgIpc) is 2.67. The first kappa shape index (κ1) is 17.7. The third-order valence-electron chi connectivity index (χ3n) is 4.29. The largest absolute Gasteiger partial charge is 0.450 e. The standard InChI is InChI=1S/C19H21N3O4/c1-2-26-19(25)22-11-9-21(10-12-22)18(24)17(23)20-16-8-7-14-5-3-4-6-15(14)13-16/h3-8,13H,2,9-12H2,1H3,(H,20,23). The summed E-state index contributed by atoms with van der Waals surface area (Å²) in [7, 11) is 0. The first-order chi connectivity index (χ1) is 12.6. The normalized spacial score (nSPS) is 14.2. The summed E-state index contributed by atoms with van der Waals surface area (Å²) < 4.78 is 4.94. The van der Waals surface area contributed by atoms with Crippen molar-refractivity contribution < 1.29 is 19.1 Å². The fraction of sp³-hybridized carbons (Fsp3) is 0.316. The molecule has 136 valence electrons. The molecule has 0 unspecified atom stereocenters. The van der Waals surface area contributed by atoms with Gasteiger partial charge in [0.1, 0.15) is 0 Å². The van der Waals surface area contributed by atoms with E-state index in [1.54, 1.807) is 13.0 Å². The minimum Gasteiger partial charge on any atom is -0.450 e. The molecule has 1 aliphatic rings. The van der Waals surface area contributed by atoms with Crippen molar-refractivity contribution in [1.82, 2.24) is 9.80 Å². The Balaban J connectivity index is 1.58. The maximum Gasteiger partial charge on any atom is 0.409 e. The van der Waals surface area contributed by atoms with E-state index in [9.17, 15) is 14.4 Å². The smallest absolute Gasteiger partial charge is 0.409 e. The van der Waals surface area contributed by atoms with Gasteiger partial charge in [-0.15, -0.1) is 0 Å². The summed E-state index contributed by atoms with van der Waals surface area (Å²) in [6.07, 6.45) is -0.389. The van der Waals surface area contributed by atoms with Crippen molar-refractivity contribution in [3.63, 3.8) is 0 Å². The van der Waals surface area contributed by atoms with Crippen LogP contribution in [0.4, 0.5) is 10.5 Å². The first-order valence-corrected chi connectivity index (χ1v) is 8.59. The van der Waals surface area contributed by atoms with Gasteiger partial charge in [0.25, 0.3) is 0 Å². The Labute approximate surface area is 151 Å². The third kappa shape index (κ3) is 3.93. The second kappa shape index (κ2) is 7.86. The van der Waals surface area contributed by atoms with E-state index in [1.807, 2.05) is 36.4 Å². The van der Waals surface area contributed by atoms with Crippen molar-refractivity contribution in [2.45, 2.75) is 6.92 Å². The summed E-state index contributed by atoms with van der Waals surface area (Å²) in [6, 6.07) is 13.3. The molecule has 2 aromatic carbocycles. The molecule has 1 heterocycles. The van der Waals surface area contributed by atoms with Crippen LogP contribution in [0.3, 0.4) is 0 Å². The molecule has 7 nitrogen and oxygen atoms in total. The highest BCUT2D eigenvalue weighted by molar-refractivity contribution is 6.39. The highest BCUT2D eigenvalue weighted by Gasteiger charge is 2.28. The zero-order valence-electron chi connectivity index (χ0n) is 14.6. The Morgan fingerprint density at radius 3 is 2.31 bits per heavy atom. The monoisotopic (exact) mass is 355 g/mol. The minimum atomic E-state index is -0.676. The third-order valence-corrected chi connectivity index (χ3v) is 4.29. The molecule has 0 radical (unpaired) electrons. The van der Waals surface area contributed by atoms with E-state index in [4.69, 9.17) is 4.74 Å². The molecule has 1 fully saturated rings. The Morgan fingerprint density at radius 2 is 1.62 bits per heavy atom. The van der Waals surface area contributed by atoms with Gasteiger partial charge in [-0.05, 0) is 29.8 Å². The predicted octanol–water partition coefficient (Wildman–Crippen LogP) is 2.08. The van der Waals surface area contributed by atoms with Gasteiger partial charge in [0.05, 0.1) is 6.61 Å². The van der Waals surface area contributed by atoms with Crippen molar-refractivity contribution in [3.8, 4) is 0 Å². The molecule has 3 rings (SSSR count). The van der Waals surface area contributed by atoms with E-state index in [-0.39, 0.29) is 6.09 Å². The van der Waals surface area contributed by atoms with E-state index in [1.165, 1.54) is 9.80 Å². The lowest BCUT2D eigenvalue weighted by atomic mass is 10.1. The van der Waals surface area contributed by atoms with Gasteiger partial charge in [0.2, 0.25) is 0 Å². The number of hydrogen-bond donors (Lipinski definition) is 1. The minimum absolute atomic E-state index is 0.308. The molecule has 2 aromatic rings. The van der Waals surface area contributed by atoms with E-state index in [0.29, 0.717) is 38.5 Å². The van der Waals surface area contributed by atoms with Gasteiger partial charge in [-0.3, -0.25) is 9.59 Å². The molecule has 7 heteroatoms. The van der Waals surface area contributed by atoms with E-state index >= 15 is 0 Å². The van der Waals surface area contributed by atoms with Crippen molar-refractivity contribution in [1.29, 1.82) is 0 Å². The second-order valence-electron chi connectivity index (χ2n) is 5.99. The average molecular weight is 355 g/mol. The van der Waals surface area contributed by atoms with Gasteiger partial charge >= 0.3 is 17.9 Å². The summed E-state index contributed by atoms with van der Waals surface area (Å²) in [4.78, 5) is 39.3. The number of hydrogen-bond acceptors (Lipinski definition) is 4. The van der Waals surface area contributed by atoms with Crippen LogP contribution in [-0.2, 0) is 14.3 Å². The molecule has 1 N–H and O–H groups in total. The fourth-order valence-electron chi connectivity index (χ4n) is 2.90. The fourth-order valence-corrected chi connectivity index (χ4v) is 2.90. The Hall–Kier alpha value is -3.09. The maximum absolute atomic E-state index is 12.3. The van der Waals surface area contributed by atoms with Crippen LogP contribution in [0.25, 0.3) is 10.8 Å². The van der Waals surface area contributed by atoms with Gasteiger partial charge in [-0.2, -0.15) is 0 Å². The summed E-state index contributed by atoms with van der Waals surface area (Å²) in [6.45, 7) is 3.38. The highest BCUT2D eigenvalue weighted by atomic mass is 16.6. The molecule has 0 aromatic heterocycles. The molecule has 0 atom stereocenters. The molecule has 1 saturated heterocycles. The van der Waals surface area contributed by atoms with Crippen molar-refractivity contribution >= 4 is 34.4 Å². The molecule has 26 heavy (non-hydrogen) atoms. The number of anilines is 1. The van der Waals surface area contributed by atoms with Gasteiger partial charge in [-0.1, -0.05) is 30.3 Å². The number of nitrogens with one attached hydrogen (secondary N) is 1. The molecule has 0 aliphatic carbocycles. The quantitative estimate of drug-likeness (QED) is 0.837. The number of carbonyl (C=O) groups excluding carboxylic acids is 3. The molecule has 0 spiro atoms. The van der Waals surface area contributed by atoms with Crippen LogP contribution in [0.5, 0.6) is 0 Å². The lowest BCUT2D eigenvalue weighted by Gasteiger charge is -2.33. The van der Waals surface area contributed by atoms with Crippen molar-refractivity contribution in [2.75, 3.05) is 38.1 Å². The van der Waals surface area contributed by atoms with E-state index in [2.05, 4.69) is 5.32 Å². The van der Waals surface area contributed by atoms with Crippen molar-refractivity contribution in [2.24, 2.45) is 0 Å². The number of amides is 3. The zero-order chi connectivity index (χ0) is 18.5. The first-order valence-electron chi connectivity index (χ1n) is 8.59. The Kier molecular flexibility index (Phi) is 5.36. The molecule has 0 saturated carbocycles. The summed E-state index contributed by atoms with van der Waals surface area (Å²) in [5, 5.41) is 4.70. The van der Waals surface area contributed by atoms with E-state index < -0.39 is 11.8 Å². The van der Waals surface area contributed by atoms with Crippen molar-refractivity contribution in [3.05, 3.63) is 42.5 Å². The van der Waals surface area contributed by atoms with Crippen LogP contribution >= 0.6 is 0 Å². The lowest BCUT2D eigenvalue weighted by Crippen LogP contribution is -2.53. The van der Waals surface area contributed by atoms with Crippen LogP contribution in [0.15, 0.2) is 42.5 Å². The highest BCUT2D eigenvalue weighted by Crippen LogP contribution is 2.19. The summed E-state index contributed by atoms with van der Waals surface area (Å²) >= 11 is 0. The molecule has 1 aliphatic heterocycles. The summed E-state index contributed by atoms with van der Waals surface area (Å²) in [5.74, 6) is -1.27. The number of piperazine rings is 1. The molecular weight excluding hydrogens is 334 g/mol. The topological polar surface area (TPSA) is 79.0 Å². The zero-order valence-corrected chi connectivity index (χ0v) is 14.6. The Bertz CT molecular complexity index is 828. The van der Waals surface area contributed by atoms with Gasteiger partial charge in [0.15, 0.2) is 0 Å². The van der Waals surface area contributed by atoms with Crippen LogP contribution in [0.2, 0.25) is 0 Å². The number of rotatable bonds is 2. The van der Waals surface area contributed by atoms with Gasteiger partial charge in [-0.25, -0.2) is 4.79 Å². The van der Waals surface area contributed by atoms with Gasteiger partial charge in [0, 0.05) is 31.9 Å². The predicted molar refractivity (Wildman–Crippen MR) is 97.8 cm³/mol. The van der Waals surface area contributed by atoms with Crippen LogP contribution in [-0.4, -0.2) is 60.5 Å². The number of carbonyl (C=O) groups is 3. The maximum atomic E-state index is 12.3. The Morgan fingerprint density at radius 1 is 0.962 bits per heavy atom. The van der Waals surface area contributed by atoms with Crippen LogP contribution in [0, 0.1) is 0 Å². The van der Waals surface area contributed by atoms with Crippen LogP contribution in [0.1, 0.15) is 6.92 Å². The number of fused-ring (bicyclic) bond motifs is 1. The van der Waals surface area contributed by atoms with E-state index in [0.717, 1.165) is 10.8 Å². The number of ether oxygens (including phenoxy) is 1. The number of nitrogens with zero attached hydrogens (tertiary/aromatic N) is 2. The van der Waals surface area contributed by atoms with Gasteiger partial charge < -0.3 is 19.9 Å². The molecule has 0 bridgehead atoms. The number of benzene rings is 2. The van der Waals surface area contributed by atoms with Crippen LogP contribution < -0.4 is 5.32 Å². The summed E-state index contributed by atoms with van der Waals surface area (Å²) in [5.41, 5.74) is 0.576. The molecule has 3 amide bonds. The molecular formula is C19H21N3O4. The SMILES string of the molecule is CCOC(=O)N1CCN(C(=O)C(=O)Nc2ccc3ccccc3c2)CC1.